The van der Waals surface area contributed by atoms with Gasteiger partial charge in [0, 0.05) is 17.7 Å². The van der Waals surface area contributed by atoms with Gasteiger partial charge in [-0.2, -0.15) is 0 Å². The molecule has 23 heavy (non-hydrogen) atoms. The Kier molecular flexibility index (Phi) is 4.66. The van der Waals surface area contributed by atoms with E-state index in [1.165, 1.54) is 5.56 Å². The number of para-hydroxylation sites is 1. The van der Waals surface area contributed by atoms with Gasteiger partial charge in [0.25, 0.3) is 0 Å². The van der Waals surface area contributed by atoms with Gasteiger partial charge in [-0.05, 0) is 30.7 Å². The molecule has 0 atom stereocenters. The minimum atomic E-state index is 0.378. The number of benzene rings is 2. The highest BCUT2D eigenvalue weighted by molar-refractivity contribution is 5.92. The van der Waals surface area contributed by atoms with Crippen molar-refractivity contribution in [1.82, 2.24) is 0 Å². The summed E-state index contributed by atoms with van der Waals surface area (Å²) in [7, 11) is 0. The molecule has 0 fully saturated rings. The summed E-state index contributed by atoms with van der Waals surface area (Å²) < 4.78 is 11.5. The van der Waals surface area contributed by atoms with Crippen molar-refractivity contribution in [3.05, 3.63) is 53.6 Å². The first-order chi connectivity index (χ1) is 11.2. The quantitative estimate of drug-likeness (QED) is 0.675. The third kappa shape index (κ3) is 3.94. The molecule has 3 N–H and O–H groups in total. The summed E-state index contributed by atoms with van der Waals surface area (Å²) >= 11 is 0. The summed E-state index contributed by atoms with van der Waals surface area (Å²) in [6.45, 7) is 3.81. The van der Waals surface area contributed by atoms with Crippen LogP contribution in [0.4, 0.5) is 5.69 Å². The monoisotopic (exact) mass is 311 g/mol. The fourth-order valence-corrected chi connectivity index (χ4v) is 2.46. The number of aryl methyl sites for hydroxylation is 1. The lowest BCUT2D eigenvalue weighted by Crippen LogP contribution is -2.22. The molecule has 0 radical (unpaired) electrons. The van der Waals surface area contributed by atoms with Gasteiger partial charge in [-0.3, -0.25) is 0 Å². The fraction of sp³-hybridized carbons (Fsp3) is 0.278. The first-order valence-electron chi connectivity index (χ1n) is 7.73. The Bertz CT molecular complexity index is 713. The Balaban J connectivity index is 1.72. The number of nitrogens with one attached hydrogen (secondary N) is 1. The normalized spacial score (nSPS) is 14.2. The maximum atomic E-state index is 5.98. The molecule has 5 heteroatoms. The molecule has 0 saturated heterocycles. The zero-order valence-corrected chi connectivity index (χ0v) is 13.2. The molecule has 2 aromatic carbocycles. The minimum Gasteiger partial charge on any atom is -0.490 e. The van der Waals surface area contributed by atoms with Crippen LogP contribution in [0.1, 0.15) is 17.5 Å². The van der Waals surface area contributed by atoms with Crippen molar-refractivity contribution in [2.45, 2.75) is 19.9 Å². The highest BCUT2D eigenvalue weighted by Crippen LogP contribution is 2.33. The number of hydrogen-bond donors (Lipinski definition) is 2. The summed E-state index contributed by atoms with van der Waals surface area (Å²) in [5.74, 6) is 1.93. The number of fused-ring (bicyclic) bond motifs is 1. The molecular weight excluding hydrogens is 290 g/mol. The van der Waals surface area contributed by atoms with Crippen molar-refractivity contribution in [2.24, 2.45) is 10.7 Å². The third-order valence-electron chi connectivity index (χ3n) is 3.56. The zero-order valence-electron chi connectivity index (χ0n) is 13.2. The maximum Gasteiger partial charge on any atom is 0.193 e. The molecule has 0 aliphatic carbocycles. The van der Waals surface area contributed by atoms with Crippen LogP contribution in [0.5, 0.6) is 11.5 Å². The van der Waals surface area contributed by atoms with Gasteiger partial charge in [-0.1, -0.05) is 24.3 Å². The molecule has 0 spiro atoms. The number of guanidine groups is 1. The molecule has 0 amide bonds. The average molecular weight is 311 g/mol. The molecule has 1 aliphatic heterocycles. The number of ether oxygens (including phenoxy) is 2. The van der Waals surface area contributed by atoms with Crippen molar-refractivity contribution in [3.8, 4) is 11.5 Å². The van der Waals surface area contributed by atoms with Crippen molar-refractivity contribution < 1.29 is 9.47 Å². The topological polar surface area (TPSA) is 68.9 Å². The van der Waals surface area contributed by atoms with Crippen LogP contribution in [0.15, 0.2) is 47.5 Å². The second-order valence-electron chi connectivity index (χ2n) is 5.49. The zero-order chi connectivity index (χ0) is 16.1. The lowest BCUT2D eigenvalue weighted by Gasteiger charge is -2.11. The van der Waals surface area contributed by atoms with Crippen LogP contribution in [0, 0.1) is 6.92 Å². The van der Waals surface area contributed by atoms with Gasteiger partial charge in [-0.15, -0.1) is 0 Å². The minimum absolute atomic E-state index is 0.378. The van der Waals surface area contributed by atoms with E-state index in [0.717, 1.165) is 29.2 Å². The summed E-state index contributed by atoms with van der Waals surface area (Å²) in [6, 6.07) is 13.8. The average Bonchev–Trinajstić information content (AvgIpc) is 2.78. The van der Waals surface area contributed by atoms with Crippen LogP contribution in [-0.4, -0.2) is 19.2 Å². The highest BCUT2D eigenvalue weighted by Gasteiger charge is 2.14. The van der Waals surface area contributed by atoms with Gasteiger partial charge in [0.15, 0.2) is 17.5 Å². The van der Waals surface area contributed by atoms with Gasteiger partial charge in [0.05, 0.1) is 19.8 Å². The molecule has 3 rings (SSSR count). The second kappa shape index (κ2) is 7.05. The predicted octanol–water partition coefficient (Wildman–Crippen LogP) is 3.08. The van der Waals surface area contributed by atoms with E-state index in [1.807, 2.05) is 49.4 Å². The number of anilines is 1. The van der Waals surface area contributed by atoms with Gasteiger partial charge in [0.1, 0.15) is 0 Å². The van der Waals surface area contributed by atoms with Gasteiger partial charge in [0.2, 0.25) is 0 Å². The van der Waals surface area contributed by atoms with E-state index in [2.05, 4.69) is 10.3 Å². The molecule has 0 bridgehead atoms. The van der Waals surface area contributed by atoms with Crippen LogP contribution in [-0.2, 0) is 6.54 Å². The lowest BCUT2D eigenvalue weighted by atomic mass is 10.2. The summed E-state index contributed by atoms with van der Waals surface area (Å²) in [6.07, 6.45) is 0.883. The molecule has 0 saturated carbocycles. The highest BCUT2D eigenvalue weighted by atomic mass is 16.5. The van der Waals surface area contributed by atoms with E-state index in [1.54, 1.807) is 0 Å². The third-order valence-corrected chi connectivity index (χ3v) is 3.56. The smallest absolute Gasteiger partial charge is 0.193 e. The number of nitrogens with zero attached hydrogens (tertiary/aromatic N) is 1. The largest absolute Gasteiger partial charge is 0.490 e. The van der Waals surface area contributed by atoms with Crippen LogP contribution >= 0.6 is 0 Å². The Morgan fingerprint density at radius 3 is 2.87 bits per heavy atom. The first kappa shape index (κ1) is 15.2. The van der Waals surface area contributed by atoms with Crippen LogP contribution in [0.3, 0.4) is 0 Å². The number of rotatable bonds is 3. The van der Waals surface area contributed by atoms with Crippen LogP contribution < -0.4 is 20.5 Å². The van der Waals surface area contributed by atoms with Crippen molar-refractivity contribution >= 4 is 11.6 Å². The van der Waals surface area contributed by atoms with Crippen molar-refractivity contribution in [2.75, 3.05) is 18.5 Å². The summed E-state index contributed by atoms with van der Waals surface area (Å²) in [5, 5.41) is 3.10. The summed E-state index contributed by atoms with van der Waals surface area (Å²) in [5.41, 5.74) is 9.04. The van der Waals surface area contributed by atoms with Gasteiger partial charge < -0.3 is 20.5 Å². The SMILES string of the molecule is Cc1cccc(NC(N)=NCc2cccc3c2OCCCO3)c1. The van der Waals surface area contributed by atoms with E-state index < -0.39 is 0 Å². The number of aliphatic imine (C=N–C) groups is 1. The van der Waals surface area contributed by atoms with Crippen molar-refractivity contribution in [3.63, 3.8) is 0 Å². The van der Waals surface area contributed by atoms with Crippen LogP contribution in [0.25, 0.3) is 0 Å². The van der Waals surface area contributed by atoms with E-state index >= 15 is 0 Å². The first-order valence-corrected chi connectivity index (χ1v) is 7.73. The molecule has 1 heterocycles. The molecule has 0 aromatic heterocycles. The molecule has 2 aromatic rings. The number of nitrogens with two attached hydrogens (primary N) is 1. The van der Waals surface area contributed by atoms with E-state index in [9.17, 15) is 0 Å². The Morgan fingerprint density at radius 2 is 2.00 bits per heavy atom. The van der Waals surface area contributed by atoms with Crippen molar-refractivity contribution in [1.29, 1.82) is 0 Å². The molecule has 120 valence electrons. The molecule has 0 unspecified atom stereocenters. The molecule has 1 aliphatic rings. The standard InChI is InChI=1S/C18H21N3O2/c1-13-5-2-7-15(11-13)21-18(19)20-12-14-6-3-8-16-17(14)23-10-4-9-22-16/h2-3,5-8,11H,4,9-10,12H2,1H3,(H3,19,20,21). The Morgan fingerprint density at radius 1 is 1.17 bits per heavy atom. The van der Waals surface area contributed by atoms with E-state index in [-0.39, 0.29) is 0 Å². The predicted molar refractivity (Wildman–Crippen MR) is 92.2 cm³/mol. The van der Waals surface area contributed by atoms with Gasteiger partial charge in [-0.25, -0.2) is 4.99 Å². The lowest BCUT2D eigenvalue weighted by molar-refractivity contribution is 0.296. The van der Waals surface area contributed by atoms with Crippen LogP contribution in [0.2, 0.25) is 0 Å². The second-order valence-corrected chi connectivity index (χ2v) is 5.49. The van der Waals surface area contributed by atoms with E-state index in [4.69, 9.17) is 15.2 Å². The van der Waals surface area contributed by atoms with E-state index in [0.29, 0.717) is 25.7 Å². The Labute approximate surface area is 136 Å². The molecule has 5 nitrogen and oxygen atoms in total. The maximum absolute atomic E-state index is 5.98. The molecular formula is C18H21N3O2. The Hall–Kier alpha value is -2.69. The summed E-state index contributed by atoms with van der Waals surface area (Å²) in [4.78, 5) is 4.41. The fourth-order valence-electron chi connectivity index (χ4n) is 2.46. The van der Waals surface area contributed by atoms with Gasteiger partial charge >= 0.3 is 0 Å². The number of hydrogen-bond acceptors (Lipinski definition) is 3.